The Morgan fingerprint density at radius 2 is 1.62 bits per heavy atom. The number of aryl methyl sites for hydroxylation is 1. The first-order valence-electron chi connectivity index (χ1n) is 10.3. The largest absolute Gasteiger partial charge is 0.492 e. The fraction of sp³-hybridized carbons (Fsp3) is 0.154. The second kappa shape index (κ2) is 10.2. The third kappa shape index (κ3) is 5.59. The molecule has 0 aliphatic carbocycles. The molecular formula is C26H23NO4S. The first-order valence-corrected chi connectivity index (χ1v) is 11.1. The van der Waals surface area contributed by atoms with E-state index in [1.807, 2.05) is 66.7 Å². The zero-order chi connectivity index (χ0) is 22.3. The van der Waals surface area contributed by atoms with Crippen molar-refractivity contribution in [3.8, 4) is 11.5 Å². The molecule has 0 atom stereocenters. The summed E-state index contributed by atoms with van der Waals surface area (Å²) >= 11 is 0.948. The number of thioether (sulfide) groups is 1. The van der Waals surface area contributed by atoms with Crippen LogP contribution < -0.4 is 9.47 Å². The van der Waals surface area contributed by atoms with Crippen molar-refractivity contribution in [1.82, 2.24) is 4.90 Å². The summed E-state index contributed by atoms with van der Waals surface area (Å²) in [4.78, 5) is 26.6. The highest BCUT2D eigenvalue weighted by molar-refractivity contribution is 8.18. The first kappa shape index (κ1) is 21.7. The average molecular weight is 446 g/mol. The van der Waals surface area contributed by atoms with Crippen molar-refractivity contribution in [3.63, 3.8) is 0 Å². The van der Waals surface area contributed by atoms with E-state index in [9.17, 15) is 9.59 Å². The molecule has 6 heteroatoms. The van der Waals surface area contributed by atoms with Crippen molar-refractivity contribution in [2.45, 2.75) is 13.5 Å². The maximum absolute atomic E-state index is 12.7. The molecule has 5 nitrogen and oxygen atoms in total. The van der Waals surface area contributed by atoms with E-state index in [-0.39, 0.29) is 24.3 Å². The highest BCUT2D eigenvalue weighted by Crippen LogP contribution is 2.32. The molecular weight excluding hydrogens is 422 g/mol. The van der Waals surface area contributed by atoms with Gasteiger partial charge in [0.15, 0.2) is 0 Å². The number of hydrogen-bond donors (Lipinski definition) is 0. The van der Waals surface area contributed by atoms with Crippen LogP contribution in [0, 0.1) is 6.92 Å². The summed E-state index contributed by atoms with van der Waals surface area (Å²) in [6.45, 7) is 3.01. The lowest BCUT2D eigenvalue weighted by atomic mass is 10.1. The van der Waals surface area contributed by atoms with E-state index >= 15 is 0 Å². The molecule has 3 aromatic carbocycles. The lowest BCUT2D eigenvalue weighted by Crippen LogP contribution is -2.32. The summed E-state index contributed by atoms with van der Waals surface area (Å²) in [7, 11) is 0. The lowest BCUT2D eigenvalue weighted by molar-refractivity contribution is -0.123. The van der Waals surface area contributed by atoms with Gasteiger partial charge in [-0.2, -0.15) is 0 Å². The summed E-state index contributed by atoms with van der Waals surface area (Å²) in [6.07, 6.45) is 1.73. The molecule has 4 rings (SSSR count). The number of benzene rings is 3. The zero-order valence-electron chi connectivity index (χ0n) is 17.7. The maximum Gasteiger partial charge on any atom is 0.293 e. The third-order valence-electron chi connectivity index (χ3n) is 4.87. The predicted molar refractivity (Wildman–Crippen MR) is 127 cm³/mol. The van der Waals surface area contributed by atoms with Crippen molar-refractivity contribution >= 4 is 29.0 Å². The lowest BCUT2D eigenvalue weighted by Gasteiger charge is -2.13. The first-order chi connectivity index (χ1) is 15.6. The Morgan fingerprint density at radius 3 is 2.38 bits per heavy atom. The number of imide groups is 1. The Hall–Kier alpha value is -3.51. The number of carbonyl (C=O) groups is 2. The number of hydrogen-bond acceptors (Lipinski definition) is 5. The fourth-order valence-corrected chi connectivity index (χ4v) is 4.11. The van der Waals surface area contributed by atoms with Gasteiger partial charge in [0.05, 0.1) is 11.4 Å². The highest BCUT2D eigenvalue weighted by Gasteiger charge is 2.34. The number of rotatable bonds is 8. The molecule has 0 unspecified atom stereocenters. The minimum Gasteiger partial charge on any atom is -0.492 e. The van der Waals surface area contributed by atoms with Gasteiger partial charge in [-0.3, -0.25) is 14.5 Å². The molecule has 1 saturated heterocycles. The molecule has 1 aliphatic heterocycles. The van der Waals surface area contributed by atoms with Crippen molar-refractivity contribution < 1.29 is 19.1 Å². The molecule has 32 heavy (non-hydrogen) atoms. The Morgan fingerprint density at radius 1 is 0.875 bits per heavy atom. The normalized spacial score (nSPS) is 14.8. The van der Waals surface area contributed by atoms with Gasteiger partial charge in [-0.05, 0) is 60.2 Å². The van der Waals surface area contributed by atoms with Crippen LogP contribution in [-0.4, -0.2) is 29.2 Å². The van der Waals surface area contributed by atoms with E-state index in [4.69, 9.17) is 9.47 Å². The standard InChI is InChI=1S/C26H23NO4S/c1-19-6-5-7-21(16-19)18-31-23-12-10-20(11-13-23)17-24-25(28)27(26(29)32-24)14-15-30-22-8-3-2-4-9-22/h2-13,16-17H,14-15,18H2,1H3/b24-17-. The third-order valence-corrected chi connectivity index (χ3v) is 5.77. The van der Waals surface area contributed by atoms with Crippen molar-refractivity contribution in [2.75, 3.05) is 13.2 Å². The second-order valence-corrected chi connectivity index (χ2v) is 8.33. The van der Waals surface area contributed by atoms with E-state index in [1.165, 1.54) is 10.5 Å². The molecule has 1 heterocycles. The fourth-order valence-electron chi connectivity index (χ4n) is 3.24. The van der Waals surface area contributed by atoms with Crippen LogP contribution in [0.4, 0.5) is 4.79 Å². The topological polar surface area (TPSA) is 55.8 Å². The molecule has 1 fully saturated rings. The van der Waals surface area contributed by atoms with Crippen LogP contribution in [0.1, 0.15) is 16.7 Å². The van der Waals surface area contributed by atoms with Crippen LogP contribution in [0.15, 0.2) is 83.8 Å². The SMILES string of the molecule is Cc1cccc(COc2ccc(/C=C3\SC(=O)N(CCOc4ccccc4)C3=O)cc2)c1. The molecule has 2 amide bonds. The number of para-hydroxylation sites is 1. The zero-order valence-corrected chi connectivity index (χ0v) is 18.5. The number of amides is 2. The Bertz CT molecular complexity index is 1130. The van der Waals surface area contributed by atoms with Gasteiger partial charge in [0.1, 0.15) is 24.7 Å². The summed E-state index contributed by atoms with van der Waals surface area (Å²) in [5.74, 6) is 1.16. The number of ether oxygens (including phenoxy) is 2. The molecule has 0 saturated carbocycles. The molecule has 162 valence electrons. The molecule has 0 spiro atoms. The Kier molecular flexibility index (Phi) is 6.92. The summed E-state index contributed by atoms with van der Waals surface area (Å²) in [6, 6.07) is 25.0. The van der Waals surface area contributed by atoms with Gasteiger partial charge in [-0.25, -0.2) is 0 Å². The van der Waals surface area contributed by atoms with E-state index in [2.05, 4.69) is 19.1 Å². The minimum atomic E-state index is -0.295. The van der Waals surface area contributed by atoms with E-state index in [0.29, 0.717) is 17.3 Å². The van der Waals surface area contributed by atoms with Crippen LogP contribution in [0.5, 0.6) is 11.5 Å². The summed E-state index contributed by atoms with van der Waals surface area (Å²) in [5.41, 5.74) is 3.14. The molecule has 3 aromatic rings. The Labute approximate surface area is 191 Å². The van der Waals surface area contributed by atoms with Gasteiger partial charge in [-0.1, -0.05) is 60.2 Å². The van der Waals surface area contributed by atoms with Crippen LogP contribution in [0.3, 0.4) is 0 Å². The van der Waals surface area contributed by atoms with E-state index in [0.717, 1.165) is 28.6 Å². The van der Waals surface area contributed by atoms with Crippen molar-refractivity contribution in [2.24, 2.45) is 0 Å². The summed E-state index contributed by atoms with van der Waals surface area (Å²) < 4.78 is 11.4. The van der Waals surface area contributed by atoms with Gasteiger partial charge in [0.2, 0.25) is 0 Å². The smallest absolute Gasteiger partial charge is 0.293 e. The monoisotopic (exact) mass is 445 g/mol. The van der Waals surface area contributed by atoms with Gasteiger partial charge in [0, 0.05) is 0 Å². The molecule has 0 radical (unpaired) electrons. The van der Waals surface area contributed by atoms with Crippen molar-refractivity contribution in [1.29, 1.82) is 0 Å². The molecule has 0 aromatic heterocycles. The second-order valence-electron chi connectivity index (χ2n) is 7.34. The average Bonchev–Trinajstić information content (AvgIpc) is 3.07. The quantitative estimate of drug-likeness (QED) is 0.417. The maximum atomic E-state index is 12.7. The van der Waals surface area contributed by atoms with Crippen LogP contribution in [0.2, 0.25) is 0 Å². The van der Waals surface area contributed by atoms with Crippen molar-refractivity contribution in [3.05, 3.63) is 100 Å². The van der Waals surface area contributed by atoms with Crippen LogP contribution in [-0.2, 0) is 11.4 Å². The molecule has 0 bridgehead atoms. The minimum absolute atomic E-state index is 0.211. The Balaban J connectivity index is 1.32. The van der Waals surface area contributed by atoms with Gasteiger partial charge >= 0.3 is 0 Å². The predicted octanol–water partition coefficient (Wildman–Crippen LogP) is 5.69. The number of carbonyl (C=O) groups excluding carboxylic acids is 2. The van der Waals surface area contributed by atoms with E-state index in [1.54, 1.807) is 6.08 Å². The van der Waals surface area contributed by atoms with Gasteiger partial charge < -0.3 is 9.47 Å². The van der Waals surface area contributed by atoms with E-state index < -0.39 is 0 Å². The van der Waals surface area contributed by atoms with Crippen LogP contribution in [0.25, 0.3) is 6.08 Å². The van der Waals surface area contributed by atoms with Crippen LogP contribution >= 0.6 is 11.8 Å². The molecule has 0 N–H and O–H groups in total. The van der Waals surface area contributed by atoms with Gasteiger partial charge in [-0.15, -0.1) is 0 Å². The van der Waals surface area contributed by atoms with Gasteiger partial charge in [0.25, 0.3) is 11.1 Å². The summed E-state index contributed by atoms with van der Waals surface area (Å²) in [5, 5.41) is -0.281. The number of nitrogens with zero attached hydrogens (tertiary/aromatic N) is 1. The highest BCUT2D eigenvalue weighted by atomic mass is 32.2. The molecule has 1 aliphatic rings.